The smallest absolute Gasteiger partial charge is 0.429 e. The molecule has 1 fully saturated rings. The van der Waals surface area contributed by atoms with Gasteiger partial charge in [0.25, 0.3) is 0 Å². The van der Waals surface area contributed by atoms with Crippen LogP contribution >= 0.6 is 0 Å². The highest BCUT2D eigenvalue weighted by Gasteiger charge is 2.41. The number of rotatable bonds is 13. The van der Waals surface area contributed by atoms with E-state index < -0.39 is 53.2 Å². The molecule has 4 aromatic rings. The summed E-state index contributed by atoms with van der Waals surface area (Å²) in [6.45, 7) is 1.50. The van der Waals surface area contributed by atoms with Crippen LogP contribution in [0, 0.1) is 35.0 Å². The number of hydrogen-bond acceptors (Lipinski definition) is 1. The molecular weight excluding hydrogens is 636 g/mol. The third-order valence-electron chi connectivity index (χ3n) is 9.30. The highest BCUT2D eigenvalue weighted by atomic mass is 19.3. The van der Waals surface area contributed by atoms with Crippen LogP contribution in [0.15, 0.2) is 66.7 Å². The average molecular weight is 675 g/mol. The molecule has 4 aromatic carbocycles. The van der Waals surface area contributed by atoms with Crippen LogP contribution in [0.1, 0.15) is 87.3 Å². The summed E-state index contributed by atoms with van der Waals surface area (Å²) < 4.78 is 122. The van der Waals surface area contributed by atoms with Gasteiger partial charge in [-0.15, -0.1) is 0 Å². The fourth-order valence-electron chi connectivity index (χ4n) is 6.66. The minimum absolute atomic E-state index is 0.0303. The molecule has 0 aromatic heterocycles. The molecule has 1 aliphatic rings. The van der Waals surface area contributed by atoms with Crippen LogP contribution in [-0.4, -0.2) is 6.67 Å². The molecule has 1 aliphatic carbocycles. The van der Waals surface area contributed by atoms with Crippen molar-refractivity contribution in [3.05, 3.63) is 113 Å². The van der Waals surface area contributed by atoms with E-state index in [1.54, 1.807) is 6.07 Å². The molecule has 0 saturated heterocycles. The molecule has 0 radical (unpaired) electrons. The number of ether oxygens (including phenoxy) is 1. The van der Waals surface area contributed by atoms with Crippen molar-refractivity contribution < 1.29 is 39.9 Å². The van der Waals surface area contributed by atoms with Gasteiger partial charge in [0.05, 0.1) is 6.67 Å². The summed E-state index contributed by atoms with van der Waals surface area (Å²) in [5.74, 6) is -5.52. The zero-order valence-corrected chi connectivity index (χ0v) is 26.7. The monoisotopic (exact) mass is 674 g/mol. The lowest BCUT2D eigenvalue weighted by molar-refractivity contribution is -0.189. The summed E-state index contributed by atoms with van der Waals surface area (Å²) in [7, 11) is 0. The zero-order valence-electron chi connectivity index (χ0n) is 26.7. The van der Waals surface area contributed by atoms with E-state index in [9.17, 15) is 17.6 Å². The van der Waals surface area contributed by atoms with E-state index in [0.717, 1.165) is 55.4 Å². The zero-order chi connectivity index (χ0) is 34.4. The molecule has 9 heteroatoms. The Morgan fingerprint density at radius 2 is 1.31 bits per heavy atom. The highest BCUT2D eigenvalue weighted by Crippen LogP contribution is 2.41. The van der Waals surface area contributed by atoms with Gasteiger partial charge >= 0.3 is 6.11 Å². The molecule has 1 saturated carbocycles. The normalized spacial score (nSPS) is 16.7. The van der Waals surface area contributed by atoms with Crippen molar-refractivity contribution in [2.24, 2.45) is 5.92 Å². The second-order valence-electron chi connectivity index (χ2n) is 12.6. The lowest BCUT2D eigenvalue weighted by atomic mass is 9.77. The second kappa shape index (κ2) is 15.6. The number of benzene rings is 4. The maximum absolute atomic E-state index is 15.3. The number of alkyl halides is 3. The molecule has 48 heavy (non-hydrogen) atoms. The molecule has 0 unspecified atom stereocenters. The first-order valence-corrected chi connectivity index (χ1v) is 16.5. The quantitative estimate of drug-likeness (QED) is 0.101. The maximum atomic E-state index is 15.3. The van der Waals surface area contributed by atoms with Gasteiger partial charge < -0.3 is 4.74 Å². The standard InChI is InChI=1S/C39H38F8O/c1-2-3-4-6-24-8-10-25(11-9-24)27-13-16-31(34(42)19-27)28-14-17-32(35(43)20-28)29-21-36(44)38(37(45)22-29)39(46,47)48-30-15-12-26(7-5-18-40)33(41)23-30/h12-17,19-25H,2-11,18H2,1H3. The van der Waals surface area contributed by atoms with Crippen molar-refractivity contribution in [1.82, 2.24) is 0 Å². The molecule has 0 atom stereocenters. The second-order valence-corrected chi connectivity index (χ2v) is 12.6. The Balaban J connectivity index is 1.30. The number of unbranched alkanes of at least 4 members (excludes halogenated alkanes) is 2. The van der Waals surface area contributed by atoms with E-state index in [1.807, 2.05) is 6.07 Å². The predicted molar refractivity (Wildman–Crippen MR) is 171 cm³/mol. The Morgan fingerprint density at radius 3 is 1.94 bits per heavy atom. The van der Waals surface area contributed by atoms with E-state index in [0.29, 0.717) is 18.2 Å². The summed E-state index contributed by atoms with van der Waals surface area (Å²) in [6, 6.07) is 12.4. The van der Waals surface area contributed by atoms with Gasteiger partial charge in [0.1, 0.15) is 40.4 Å². The van der Waals surface area contributed by atoms with Gasteiger partial charge in [-0.25, -0.2) is 22.0 Å². The van der Waals surface area contributed by atoms with Gasteiger partial charge in [0.2, 0.25) is 0 Å². The molecule has 1 nitrogen and oxygen atoms in total. The number of halogens is 8. The summed E-state index contributed by atoms with van der Waals surface area (Å²) in [6.07, 6.45) is 4.66. The first-order valence-electron chi connectivity index (χ1n) is 16.5. The topological polar surface area (TPSA) is 9.23 Å². The number of hydrogen-bond donors (Lipinski definition) is 0. The van der Waals surface area contributed by atoms with Gasteiger partial charge in [0, 0.05) is 17.2 Å². The largest absolute Gasteiger partial charge is 0.432 e. The van der Waals surface area contributed by atoms with Crippen LogP contribution in [0.25, 0.3) is 22.3 Å². The SMILES string of the molecule is CCCCCC1CCC(c2ccc(-c3ccc(-c4cc(F)c(C(F)(F)Oc5ccc(CCCF)c(F)c5)c(F)c4)c(F)c3)c(F)c2)CC1. The Bertz CT molecular complexity index is 1690. The Labute approximate surface area is 276 Å². The first kappa shape index (κ1) is 35.4. The Hall–Kier alpha value is -3.88. The lowest BCUT2D eigenvalue weighted by Crippen LogP contribution is -2.25. The summed E-state index contributed by atoms with van der Waals surface area (Å²) >= 11 is 0. The molecule has 256 valence electrons. The van der Waals surface area contributed by atoms with Crippen molar-refractivity contribution in [3.63, 3.8) is 0 Å². The molecule has 0 heterocycles. The van der Waals surface area contributed by atoms with Gasteiger partial charge in [0.15, 0.2) is 0 Å². The minimum atomic E-state index is -4.56. The third-order valence-corrected chi connectivity index (χ3v) is 9.30. The van der Waals surface area contributed by atoms with E-state index in [-0.39, 0.29) is 46.6 Å². The summed E-state index contributed by atoms with van der Waals surface area (Å²) in [5.41, 5.74) is -1.04. The maximum Gasteiger partial charge on any atom is 0.432 e. The number of aryl methyl sites for hydroxylation is 1. The molecule has 5 rings (SSSR count). The lowest BCUT2D eigenvalue weighted by Gasteiger charge is -2.29. The average Bonchev–Trinajstić information content (AvgIpc) is 3.04. The fraction of sp³-hybridized carbons (Fsp3) is 0.385. The minimum Gasteiger partial charge on any atom is -0.429 e. The van der Waals surface area contributed by atoms with Crippen LogP contribution in [0.5, 0.6) is 5.75 Å². The molecular formula is C39H38F8O. The van der Waals surface area contributed by atoms with Crippen molar-refractivity contribution in [2.45, 2.75) is 83.2 Å². The van der Waals surface area contributed by atoms with Crippen molar-refractivity contribution in [1.29, 1.82) is 0 Å². The Kier molecular flexibility index (Phi) is 11.5. The summed E-state index contributed by atoms with van der Waals surface area (Å²) in [5, 5.41) is 0. The van der Waals surface area contributed by atoms with Crippen LogP contribution < -0.4 is 4.74 Å². The first-order chi connectivity index (χ1) is 23.0. The van der Waals surface area contributed by atoms with Gasteiger partial charge in [-0.1, -0.05) is 62.9 Å². The van der Waals surface area contributed by atoms with Gasteiger partial charge in [-0.3, -0.25) is 4.39 Å². The fourth-order valence-corrected chi connectivity index (χ4v) is 6.66. The van der Waals surface area contributed by atoms with Crippen LogP contribution in [0.3, 0.4) is 0 Å². The highest BCUT2D eigenvalue weighted by molar-refractivity contribution is 5.72. The molecule has 0 aliphatic heterocycles. The van der Waals surface area contributed by atoms with Crippen LogP contribution in [0.2, 0.25) is 0 Å². The molecule has 0 amide bonds. The van der Waals surface area contributed by atoms with Crippen LogP contribution in [-0.2, 0) is 12.5 Å². The molecule has 0 spiro atoms. The van der Waals surface area contributed by atoms with E-state index in [2.05, 4.69) is 11.7 Å². The Morgan fingerprint density at radius 1 is 0.667 bits per heavy atom. The molecule has 0 bridgehead atoms. The summed E-state index contributed by atoms with van der Waals surface area (Å²) in [4.78, 5) is 0. The van der Waals surface area contributed by atoms with E-state index in [4.69, 9.17) is 0 Å². The molecule has 0 N–H and O–H groups in total. The van der Waals surface area contributed by atoms with Crippen molar-refractivity contribution in [2.75, 3.05) is 6.67 Å². The van der Waals surface area contributed by atoms with Crippen LogP contribution in [0.4, 0.5) is 35.1 Å². The van der Waals surface area contributed by atoms with Crippen molar-refractivity contribution >= 4 is 0 Å². The van der Waals surface area contributed by atoms with Gasteiger partial charge in [-0.05, 0) is 103 Å². The van der Waals surface area contributed by atoms with Gasteiger partial charge in [-0.2, -0.15) is 8.78 Å². The third kappa shape index (κ3) is 8.21. The van der Waals surface area contributed by atoms with E-state index in [1.165, 1.54) is 43.9 Å². The van der Waals surface area contributed by atoms with E-state index >= 15 is 17.6 Å². The predicted octanol–water partition coefficient (Wildman–Crippen LogP) is 12.6. The van der Waals surface area contributed by atoms with Crippen molar-refractivity contribution in [3.8, 4) is 28.0 Å².